The van der Waals surface area contributed by atoms with E-state index in [0.29, 0.717) is 23.4 Å². The minimum atomic E-state index is -0.226. The molecule has 0 spiro atoms. The monoisotopic (exact) mass is 280 g/mol. The fraction of sp³-hybridized carbons (Fsp3) is 0.118. The number of carbonyl (C=O) groups is 1. The van der Waals surface area contributed by atoms with Gasteiger partial charge in [-0.3, -0.25) is 4.79 Å². The number of hydrogen-bond donors (Lipinski definition) is 3. The normalized spacial score (nSPS) is 9.62. The third-order valence-electron chi connectivity index (χ3n) is 2.91. The number of nitrogens with one attached hydrogen (secondary N) is 1. The van der Waals surface area contributed by atoms with Crippen LogP contribution in [0.4, 0.5) is 5.69 Å². The van der Waals surface area contributed by atoms with Gasteiger partial charge in [0.05, 0.1) is 6.54 Å². The molecule has 0 saturated carbocycles. The molecule has 2 aromatic carbocycles. The highest BCUT2D eigenvalue weighted by Crippen LogP contribution is 2.18. The van der Waals surface area contributed by atoms with Gasteiger partial charge < -0.3 is 16.2 Å². The van der Waals surface area contributed by atoms with E-state index in [4.69, 9.17) is 5.73 Å². The van der Waals surface area contributed by atoms with Crippen molar-refractivity contribution in [3.05, 3.63) is 59.2 Å². The molecular weight excluding hydrogens is 264 g/mol. The number of aryl methyl sites for hydroxylation is 1. The standard InChI is InChI=1S/C17H16N2O2/c1-12-10-15(20)7-8-16(12)17(21)19-14-6-2-4-13(11-14)5-3-9-18/h2,4,6-8,10-11,20H,9,18H2,1H3,(H,19,21). The Morgan fingerprint density at radius 3 is 2.81 bits per heavy atom. The van der Waals surface area contributed by atoms with Gasteiger partial charge in [0.25, 0.3) is 5.91 Å². The van der Waals surface area contributed by atoms with Gasteiger partial charge in [-0.05, 0) is 48.9 Å². The van der Waals surface area contributed by atoms with Gasteiger partial charge in [-0.25, -0.2) is 0 Å². The van der Waals surface area contributed by atoms with Gasteiger partial charge in [-0.1, -0.05) is 17.9 Å². The summed E-state index contributed by atoms with van der Waals surface area (Å²) in [5, 5.41) is 12.2. The van der Waals surface area contributed by atoms with Crippen molar-refractivity contribution in [2.45, 2.75) is 6.92 Å². The number of rotatable bonds is 2. The molecule has 0 radical (unpaired) electrons. The Hall–Kier alpha value is -2.77. The summed E-state index contributed by atoms with van der Waals surface area (Å²) < 4.78 is 0. The molecule has 0 atom stereocenters. The predicted octanol–water partition coefficient (Wildman–Crippen LogP) is 2.26. The lowest BCUT2D eigenvalue weighted by Gasteiger charge is -2.08. The van der Waals surface area contributed by atoms with E-state index in [1.807, 2.05) is 12.1 Å². The molecule has 0 unspecified atom stereocenters. The summed E-state index contributed by atoms with van der Waals surface area (Å²) in [7, 11) is 0. The molecule has 2 aromatic rings. The molecule has 1 amide bonds. The number of hydrogen-bond acceptors (Lipinski definition) is 3. The molecule has 0 aliphatic rings. The van der Waals surface area contributed by atoms with Gasteiger partial charge in [0.15, 0.2) is 0 Å². The molecule has 4 N–H and O–H groups in total. The van der Waals surface area contributed by atoms with Gasteiger partial charge in [-0.2, -0.15) is 0 Å². The molecule has 4 nitrogen and oxygen atoms in total. The molecule has 2 rings (SSSR count). The zero-order valence-corrected chi connectivity index (χ0v) is 11.7. The van der Waals surface area contributed by atoms with E-state index in [1.165, 1.54) is 6.07 Å². The molecule has 0 fully saturated rings. The maximum Gasteiger partial charge on any atom is 0.255 e. The van der Waals surface area contributed by atoms with Crippen molar-refractivity contribution in [1.82, 2.24) is 0 Å². The molecular formula is C17H16N2O2. The summed E-state index contributed by atoms with van der Waals surface area (Å²) >= 11 is 0. The Kier molecular flexibility index (Phi) is 4.60. The number of benzene rings is 2. The van der Waals surface area contributed by atoms with Crippen molar-refractivity contribution in [1.29, 1.82) is 0 Å². The summed E-state index contributed by atoms with van der Waals surface area (Å²) in [6.45, 7) is 2.07. The molecule has 0 bridgehead atoms. The van der Waals surface area contributed by atoms with Gasteiger partial charge >= 0.3 is 0 Å². The minimum Gasteiger partial charge on any atom is -0.508 e. The molecule has 4 heteroatoms. The smallest absolute Gasteiger partial charge is 0.255 e. The summed E-state index contributed by atoms with van der Waals surface area (Å²) in [5.74, 6) is 5.60. The van der Waals surface area contributed by atoms with Crippen LogP contribution in [0.3, 0.4) is 0 Å². The lowest BCUT2D eigenvalue weighted by molar-refractivity contribution is 0.102. The largest absolute Gasteiger partial charge is 0.508 e. The SMILES string of the molecule is Cc1cc(O)ccc1C(=O)Nc1cccc(C#CCN)c1. The molecule has 0 aromatic heterocycles. The Bertz CT molecular complexity index is 727. The lowest BCUT2D eigenvalue weighted by atomic mass is 10.1. The number of amides is 1. The number of nitrogens with two attached hydrogens (primary N) is 1. The van der Waals surface area contributed by atoms with Crippen LogP contribution in [-0.2, 0) is 0 Å². The van der Waals surface area contributed by atoms with Crippen molar-refractivity contribution in [3.8, 4) is 17.6 Å². The van der Waals surface area contributed by atoms with Crippen LogP contribution in [0.25, 0.3) is 0 Å². The summed E-state index contributed by atoms with van der Waals surface area (Å²) in [5.41, 5.74) is 8.03. The van der Waals surface area contributed by atoms with E-state index < -0.39 is 0 Å². The Balaban J connectivity index is 2.19. The second-order valence-electron chi connectivity index (χ2n) is 4.54. The van der Waals surface area contributed by atoms with Crippen molar-refractivity contribution < 1.29 is 9.90 Å². The maximum absolute atomic E-state index is 12.2. The van der Waals surface area contributed by atoms with Gasteiger partial charge in [0.1, 0.15) is 5.75 Å². The van der Waals surface area contributed by atoms with E-state index in [1.54, 1.807) is 31.2 Å². The maximum atomic E-state index is 12.2. The topological polar surface area (TPSA) is 75.3 Å². The average Bonchev–Trinajstić information content (AvgIpc) is 2.45. The second kappa shape index (κ2) is 6.60. The van der Waals surface area contributed by atoms with Crippen molar-refractivity contribution in [3.63, 3.8) is 0 Å². The van der Waals surface area contributed by atoms with E-state index >= 15 is 0 Å². The van der Waals surface area contributed by atoms with Crippen LogP contribution in [0.1, 0.15) is 21.5 Å². The zero-order chi connectivity index (χ0) is 15.2. The molecule has 0 aliphatic heterocycles. The second-order valence-corrected chi connectivity index (χ2v) is 4.54. The first-order valence-electron chi connectivity index (χ1n) is 6.50. The van der Waals surface area contributed by atoms with Crippen LogP contribution < -0.4 is 11.1 Å². The first-order chi connectivity index (χ1) is 10.1. The number of phenols is 1. The number of aromatic hydroxyl groups is 1. The highest BCUT2D eigenvalue weighted by molar-refractivity contribution is 6.05. The Labute approximate surface area is 123 Å². The first-order valence-corrected chi connectivity index (χ1v) is 6.50. The fourth-order valence-electron chi connectivity index (χ4n) is 1.93. The van der Waals surface area contributed by atoms with E-state index in [0.717, 1.165) is 5.56 Å². The highest BCUT2D eigenvalue weighted by atomic mass is 16.3. The number of anilines is 1. The number of phenolic OH excluding ortho intramolecular Hbond substituents is 1. The molecule has 0 heterocycles. The molecule has 0 aliphatic carbocycles. The van der Waals surface area contributed by atoms with E-state index in [-0.39, 0.29) is 11.7 Å². The molecule has 0 saturated heterocycles. The van der Waals surface area contributed by atoms with E-state index in [2.05, 4.69) is 17.2 Å². The Morgan fingerprint density at radius 1 is 1.29 bits per heavy atom. The quantitative estimate of drug-likeness (QED) is 0.739. The summed E-state index contributed by atoms with van der Waals surface area (Å²) in [6.07, 6.45) is 0. The first kappa shape index (κ1) is 14.6. The molecule has 106 valence electrons. The highest BCUT2D eigenvalue weighted by Gasteiger charge is 2.09. The van der Waals surface area contributed by atoms with Gasteiger partial charge in [-0.15, -0.1) is 0 Å². The van der Waals surface area contributed by atoms with Crippen molar-refractivity contribution in [2.75, 3.05) is 11.9 Å². The van der Waals surface area contributed by atoms with Gasteiger partial charge in [0.2, 0.25) is 0 Å². The summed E-state index contributed by atoms with van der Waals surface area (Å²) in [6, 6.07) is 11.9. The van der Waals surface area contributed by atoms with E-state index in [9.17, 15) is 9.90 Å². The summed E-state index contributed by atoms with van der Waals surface area (Å²) in [4.78, 5) is 12.2. The third-order valence-corrected chi connectivity index (χ3v) is 2.91. The fourth-order valence-corrected chi connectivity index (χ4v) is 1.93. The van der Waals surface area contributed by atoms with Crippen LogP contribution in [0.5, 0.6) is 5.75 Å². The average molecular weight is 280 g/mol. The molecule has 21 heavy (non-hydrogen) atoms. The Morgan fingerprint density at radius 2 is 2.10 bits per heavy atom. The van der Waals surface area contributed by atoms with Crippen molar-refractivity contribution >= 4 is 11.6 Å². The third kappa shape index (κ3) is 3.85. The van der Waals surface area contributed by atoms with Gasteiger partial charge in [0, 0.05) is 16.8 Å². The van der Waals surface area contributed by atoms with Crippen LogP contribution in [0.2, 0.25) is 0 Å². The van der Waals surface area contributed by atoms with Crippen molar-refractivity contribution in [2.24, 2.45) is 5.73 Å². The van der Waals surface area contributed by atoms with Crippen LogP contribution in [0.15, 0.2) is 42.5 Å². The zero-order valence-electron chi connectivity index (χ0n) is 11.7. The van der Waals surface area contributed by atoms with Crippen LogP contribution >= 0.6 is 0 Å². The van der Waals surface area contributed by atoms with Crippen LogP contribution in [-0.4, -0.2) is 17.6 Å². The van der Waals surface area contributed by atoms with Crippen LogP contribution in [0, 0.1) is 18.8 Å². The minimum absolute atomic E-state index is 0.142. The lowest BCUT2D eigenvalue weighted by Crippen LogP contribution is -2.13. The number of carbonyl (C=O) groups excluding carboxylic acids is 1. The predicted molar refractivity (Wildman–Crippen MR) is 83.2 cm³/mol.